The van der Waals surface area contributed by atoms with Crippen LogP contribution in [0.1, 0.15) is 44.2 Å². The lowest BCUT2D eigenvalue weighted by Gasteiger charge is -2.27. The molecule has 0 bridgehead atoms. The molecule has 1 aromatic heterocycles. The Morgan fingerprint density at radius 3 is 2.17 bits per heavy atom. The largest absolute Gasteiger partial charge is 0.480 e. The smallest absolute Gasteiger partial charge is 0.326 e. The second-order valence-corrected chi connectivity index (χ2v) is 10.8. The summed E-state index contributed by atoms with van der Waals surface area (Å²) in [7, 11) is 0. The lowest BCUT2D eigenvalue weighted by atomic mass is 9.99. The van der Waals surface area contributed by atoms with Crippen molar-refractivity contribution in [3.63, 3.8) is 0 Å². The van der Waals surface area contributed by atoms with Gasteiger partial charge in [-0.25, -0.2) is 4.79 Å². The van der Waals surface area contributed by atoms with Crippen molar-refractivity contribution in [1.29, 1.82) is 0 Å². The molecule has 0 radical (unpaired) electrons. The van der Waals surface area contributed by atoms with Crippen LogP contribution in [0, 0.1) is 5.92 Å². The minimum Gasteiger partial charge on any atom is -0.480 e. The van der Waals surface area contributed by atoms with E-state index in [9.17, 15) is 24.3 Å². The molecule has 9 N–H and O–H groups in total. The summed E-state index contributed by atoms with van der Waals surface area (Å²) in [4.78, 5) is 55.0. The zero-order chi connectivity index (χ0) is 30.6. The van der Waals surface area contributed by atoms with Crippen LogP contribution in [0.5, 0.6) is 0 Å². The van der Waals surface area contributed by atoms with Crippen molar-refractivity contribution >= 4 is 34.6 Å². The Morgan fingerprint density at radius 2 is 1.50 bits per heavy atom. The maximum atomic E-state index is 13.5. The third-order valence-corrected chi connectivity index (χ3v) is 7.18. The molecule has 11 nitrogen and oxygen atoms in total. The number of aromatic nitrogens is 1. The third-order valence-electron chi connectivity index (χ3n) is 7.18. The average Bonchev–Trinajstić information content (AvgIpc) is 3.38. The van der Waals surface area contributed by atoms with Crippen LogP contribution in [0.3, 0.4) is 0 Å². The summed E-state index contributed by atoms with van der Waals surface area (Å²) in [5.74, 6) is -3.18. The Bertz CT molecular complexity index is 1340. The molecule has 2 aromatic carbocycles. The number of carboxylic acid groups (broad SMARTS) is 1. The highest BCUT2D eigenvalue weighted by Crippen LogP contribution is 2.19. The van der Waals surface area contributed by atoms with E-state index in [4.69, 9.17) is 11.5 Å². The summed E-state index contributed by atoms with van der Waals surface area (Å²) in [5.41, 5.74) is 13.9. The zero-order valence-corrected chi connectivity index (χ0v) is 24.1. The van der Waals surface area contributed by atoms with Gasteiger partial charge in [0.15, 0.2) is 0 Å². The molecular weight excluding hydrogens is 536 g/mol. The van der Waals surface area contributed by atoms with Gasteiger partial charge in [0.1, 0.15) is 18.1 Å². The molecule has 0 fully saturated rings. The Labute approximate surface area is 245 Å². The van der Waals surface area contributed by atoms with E-state index in [-0.39, 0.29) is 18.8 Å². The highest BCUT2D eigenvalue weighted by atomic mass is 16.4. The number of H-pyrrole nitrogens is 1. The summed E-state index contributed by atoms with van der Waals surface area (Å²) in [6.45, 7) is 4.05. The molecule has 4 unspecified atom stereocenters. The zero-order valence-electron chi connectivity index (χ0n) is 24.1. The van der Waals surface area contributed by atoms with Crippen LogP contribution < -0.4 is 27.4 Å². The lowest BCUT2D eigenvalue weighted by Crippen LogP contribution is -2.59. The monoisotopic (exact) mass is 578 g/mol. The number of hydrogen-bond acceptors (Lipinski definition) is 6. The maximum Gasteiger partial charge on any atom is 0.326 e. The number of aliphatic carboxylic acids is 1. The Morgan fingerprint density at radius 1 is 0.833 bits per heavy atom. The van der Waals surface area contributed by atoms with Crippen LogP contribution in [0.25, 0.3) is 10.9 Å². The van der Waals surface area contributed by atoms with E-state index in [2.05, 4.69) is 20.9 Å². The highest BCUT2D eigenvalue weighted by Gasteiger charge is 2.32. The summed E-state index contributed by atoms with van der Waals surface area (Å²) >= 11 is 0. The van der Waals surface area contributed by atoms with Crippen LogP contribution in [-0.2, 0) is 32.0 Å². The summed E-state index contributed by atoms with van der Waals surface area (Å²) < 4.78 is 0. The van der Waals surface area contributed by atoms with Crippen LogP contribution in [0.4, 0.5) is 0 Å². The molecule has 226 valence electrons. The normalized spacial score (nSPS) is 14.1. The quantitative estimate of drug-likeness (QED) is 0.125. The van der Waals surface area contributed by atoms with Gasteiger partial charge in [0.05, 0.1) is 6.04 Å². The van der Waals surface area contributed by atoms with E-state index in [0.717, 1.165) is 28.5 Å². The first-order chi connectivity index (χ1) is 20.1. The number of nitrogens with two attached hydrogens (primary N) is 2. The first kappa shape index (κ1) is 32.3. The van der Waals surface area contributed by atoms with Crippen molar-refractivity contribution in [1.82, 2.24) is 20.9 Å². The minimum atomic E-state index is -1.24. The number of benzene rings is 2. The van der Waals surface area contributed by atoms with Crippen molar-refractivity contribution < 1.29 is 24.3 Å². The van der Waals surface area contributed by atoms with Crippen LogP contribution >= 0.6 is 0 Å². The van der Waals surface area contributed by atoms with Crippen LogP contribution in [0.15, 0.2) is 60.8 Å². The number of carbonyl (C=O) groups is 4. The molecule has 0 aliphatic heterocycles. The number of rotatable bonds is 16. The summed E-state index contributed by atoms with van der Waals surface area (Å²) in [6.07, 6.45) is 3.75. The molecule has 11 heteroatoms. The van der Waals surface area contributed by atoms with Gasteiger partial charge in [-0.15, -0.1) is 0 Å². The molecule has 0 spiro atoms. The molecule has 0 aliphatic carbocycles. The van der Waals surface area contributed by atoms with Crippen molar-refractivity contribution in [2.45, 2.75) is 70.1 Å². The van der Waals surface area contributed by atoms with Gasteiger partial charge in [-0.3, -0.25) is 14.4 Å². The van der Waals surface area contributed by atoms with Gasteiger partial charge >= 0.3 is 5.97 Å². The molecule has 3 rings (SSSR count). The van der Waals surface area contributed by atoms with E-state index in [1.807, 2.05) is 54.6 Å². The van der Waals surface area contributed by atoms with Gasteiger partial charge in [-0.2, -0.15) is 0 Å². The number of amides is 3. The third kappa shape index (κ3) is 9.15. The Kier molecular flexibility index (Phi) is 12.1. The molecule has 3 aromatic rings. The predicted molar refractivity (Wildman–Crippen MR) is 161 cm³/mol. The Hall–Kier alpha value is -4.22. The standard InChI is InChI=1S/C31H42N6O5/c1-19(2)27(37-28(38)23(33)13-8-9-15-32)30(40)35-25(16-20-10-4-3-5-11-20)29(39)36-26(31(41)42)17-21-18-34-24-14-7-6-12-22(21)24/h3-7,10-12,14,18-19,23,25-27,34H,8-9,13,15-17,32-33H2,1-2H3,(H,35,40)(H,36,39)(H,37,38)(H,41,42). The topological polar surface area (TPSA) is 192 Å². The van der Waals surface area contributed by atoms with E-state index in [1.165, 1.54) is 0 Å². The number of fused-ring (bicyclic) bond motifs is 1. The Balaban J connectivity index is 1.77. The SMILES string of the molecule is CC(C)C(NC(=O)C(N)CCCCN)C(=O)NC(Cc1ccccc1)C(=O)NC(Cc1c[nH]c2ccccc12)C(=O)O. The molecule has 4 atom stereocenters. The number of nitrogens with one attached hydrogen (secondary N) is 4. The molecule has 0 aliphatic rings. The van der Waals surface area contributed by atoms with E-state index in [1.54, 1.807) is 20.0 Å². The van der Waals surface area contributed by atoms with Gasteiger partial charge in [0, 0.05) is 29.9 Å². The first-order valence-corrected chi connectivity index (χ1v) is 14.3. The van der Waals surface area contributed by atoms with Crippen LogP contribution in [0.2, 0.25) is 0 Å². The summed E-state index contributed by atoms with van der Waals surface area (Å²) in [5, 5.41) is 18.9. The van der Waals surface area contributed by atoms with E-state index < -0.39 is 47.9 Å². The maximum absolute atomic E-state index is 13.5. The van der Waals surface area contributed by atoms with Crippen molar-refractivity contribution in [2.24, 2.45) is 17.4 Å². The van der Waals surface area contributed by atoms with Crippen LogP contribution in [-0.4, -0.2) is 64.5 Å². The number of hydrogen-bond donors (Lipinski definition) is 7. The van der Waals surface area contributed by atoms with Crippen molar-refractivity contribution in [3.05, 3.63) is 71.9 Å². The second-order valence-electron chi connectivity index (χ2n) is 10.8. The van der Waals surface area contributed by atoms with Crippen molar-refractivity contribution in [3.8, 4) is 0 Å². The lowest BCUT2D eigenvalue weighted by molar-refractivity contribution is -0.142. The predicted octanol–water partition coefficient (Wildman–Crippen LogP) is 1.60. The van der Waals surface area contributed by atoms with Gasteiger partial charge in [0.25, 0.3) is 0 Å². The van der Waals surface area contributed by atoms with E-state index in [0.29, 0.717) is 19.4 Å². The number of carboxylic acids is 1. The molecule has 0 saturated carbocycles. The average molecular weight is 579 g/mol. The highest BCUT2D eigenvalue weighted by molar-refractivity contribution is 5.94. The number of aromatic amines is 1. The van der Waals surface area contributed by atoms with E-state index >= 15 is 0 Å². The van der Waals surface area contributed by atoms with Gasteiger partial charge < -0.3 is 37.5 Å². The van der Waals surface area contributed by atoms with Crippen molar-refractivity contribution in [2.75, 3.05) is 6.54 Å². The van der Waals surface area contributed by atoms with Gasteiger partial charge in [-0.05, 0) is 42.5 Å². The number of carbonyl (C=O) groups excluding carboxylic acids is 3. The van der Waals surface area contributed by atoms with Gasteiger partial charge in [-0.1, -0.05) is 68.8 Å². The molecule has 0 saturated heterocycles. The molecule has 1 heterocycles. The number of para-hydroxylation sites is 1. The van der Waals surface area contributed by atoms with Gasteiger partial charge in [0.2, 0.25) is 17.7 Å². The first-order valence-electron chi connectivity index (χ1n) is 14.3. The second kappa shape index (κ2) is 15.7. The fourth-order valence-electron chi connectivity index (χ4n) is 4.75. The minimum absolute atomic E-state index is 0.0454. The fourth-order valence-corrected chi connectivity index (χ4v) is 4.75. The number of unbranched alkanes of at least 4 members (excludes halogenated alkanes) is 1. The molecular formula is C31H42N6O5. The summed E-state index contributed by atoms with van der Waals surface area (Å²) in [6, 6.07) is 12.5. The molecule has 3 amide bonds. The fraction of sp³-hybridized carbons (Fsp3) is 0.419. The molecule has 42 heavy (non-hydrogen) atoms.